The van der Waals surface area contributed by atoms with Crippen molar-refractivity contribution in [1.82, 2.24) is 0 Å². The van der Waals surface area contributed by atoms with Crippen LogP contribution < -0.4 is 24.8 Å². The molecule has 0 unspecified atom stereocenters. The average Bonchev–Trinajstić information content (AvgIpc) is 2.94. The molecule has 0 fully saturated rings. The number of amides is 1. The maximum atomic E-state index is 14.0. The van der Waals surface area contributed by atoms with E-state index in [1.165, 1.54) is 12.1 Å². The lowest BCUT2D eigenvalue weighted by Gasteiger charge is -2.33. The number of hydrogen-bond donors (Lipinski definition) is 2. The summed E-state index contributed by atoms with van der Waals surface area (Å²) >= 11 is 6.15. The van der Waals surface area contributed by atoms with E-state index >= 15 is 0 Å². The number of halogens is 2. The topological polar surface area (TPSA) is 68.8 Å². The van der Waals surface area contributed by atoms with Gasteiger partial charge in [-0.3, -0.25) is 5.32 Å². The molecule has 216 valence electrons. The molecule has 0 spiro atoms. The van der Waals surface area contributed by atoms with Crippen molar-refractivity contribution >= 4 is 34.6 Å². The van der Waals surface area contributed by atoms with Crippen LogP contribution in [0.15, 0.2) is 78.9 Å². The molecule has 1 aliphatic rings. The van der Waals surface area contributed by atoms with Gasteiger partial charge in [-0.05, 0) is 80.8 Å². The molecule has 0 saturated carbocycles. The van der Waals surface area contributed by atoms with E-state index in [1.54, 1.807) is 49.6 Å². The third-order valence-corrected chi connectivity index (χ3v) is 7.38. The molecule has 42 heavy (non-hydrogen) atoms. The molecule has 0 bridgehead atoms. The maximum Gasteiger partial charge on any atom is 0.417 e. The smallest absolute Gasteiger partial charge is 0.417 e. The monoisotopic (exact) mass is 586 g/mol. The van der Waals surface area contributed by atoms with Gasteiger partial charge in [-0.15, -0.1) is 0 Å². The van der Waals surface area contributed by atoms with Gasteiger partial charge < -0.3 is 19.5 Å². The number of carbonyl (C=O) groups excluding carboxylic acids is 1. The van der Waals surface area contributed by atoms with Gasteiger partial charge in [0.2, 0.25) is 0 Å². The highest BCUT2D eigenvalue weighted by molar-refractivity contribution is 6.33. The van der Waals surface area contributed by atoms with Crippen LogP contribution in [0.3, 0.4) is 0 Å². The lowest BCUT2D eigenvalue weighted by atomic mass is 9.85. The fourth-order valence-corrected chi connectivity index (χ4v) is 5.43. The Morgan fingerprint density at radius 2 is 1.74 bits per heavy atom. The maximum absolute atomic E-state index is 14.0. The number of nitrogens with one attached hydrogen (secondary N) is 2. The third kappa shape index (κ3) is 6.21. The summed E-state index contributed by atoms with van der Waals surface area (Å²) in [7, 11) is 1.56. The third-order valence-electron chi connectivity index (χ3n) is 7.05. The summed E-state index contributed by atoms with van der Waals surface area (Å²) in [6.07, 6.45) is 1.50. The van der Waals surface area contributed by atoms with Crippen molar-refractivity contribution in [2.75, 3.05) is 17.7 Å². The molecular weight excluding hydrogens is 555 g/mol. The second kappa shape index (κ2) is 11.8. The Bertz CT molecular complexity index is 1700. The molecule has 1 heterocycles. The second-order valence-electron chi connectivity index (χ2n) is 10.7. The van der Waals surface area contributed by atoms with Gasteiger partial charge in [0.15, 0.2) is 0 Å². The number of fused-ring (bicyclic) bond motifs is 1. The van der Waals surface area contributed by atoms with Gasteiger partial charge in [-0.25, -0.2) is 9.18 Å². The largest absolute Gasteiger partial charge is 0.496 e. The number of carbonyl (C=O) groups is 1. The first-order valence-corrected chi connectivity index (χ1v) is 13.9. The Kier molecular flexibility index (Phi) is 8.14. The zero-order chi connectivity index (χ0) is 30.0. The van der Waals surface area contributed by atoms with Crippen LogP contribution in [0.2, 0.25) is 5.02 Å². The van der Waals surface area contributed by atoms with E-state index in [1.807, 2.05) is 25.1 Å². The number of hydrogen-bond acceptors (Lipinski definition) is 5. The van der Waals surface area contributed by atoms with Gasteiger partial charge in [0.1, 0.15) is 29.7 Å². The summed E-state index contributed by atoms with van der Waals surface area (Å²) in [5, 5.41) is 6.64. The highest BCUT2D eigenvalue weighted by Gasteiger charge is 2.27. The number of rotatable bonds is 7. The van der Waals surface area contributed by atoms with Crippen molar-refractivity contribution in [3.8, 4) is 28.4 Å². The molecule has 8 heteroatoms. The first kappa shape index (κ1) is 29.0. The van der Waals surface area contributed by atoms with Gasteiger partial charge in [0, 0.05) is 34.5 Å². The summed E-state index contributed by atoms with van der Waals surface area (Å²) in [4.78, 5) is 12.6. The molecular formula is C34H32ClFN2O4. The van der Waals surface area contributed by atoms with Crippen LogP contribution in [0, 0.1) is 12.7 Å². The number of para-hydroxylation sites is 1. The normalized spacial score (nSPS) is 13.4. The van der Waals surface area contributed by atoms with Crippen LogP contribution >= 0.6 is 11.6 Å². The molecule has 4 aromatic rings. The van der Waals surface area contributed by atoms with E-state index in [-0.39, 0.29) is 18.0 Å². The number of aryl methyl sites for hydroxylation is 1. The van der Waals surface area contributed by atoms with Crippen LogP contribution in [0.1, 0.15) is 37.5 Å². The Morgan fingerprint density at radius 1 is 0.976 bits per heavy atom. The summed E-state index contributed by atoms with van der Waals surface area (Å²) in [5.74, 6) is 0.920. The van der Waals surface area contributed by atoms with Gasteiger partial charge >= 0.3 is 6.09 Å². The van der Waals surface area contributed by atoms with Crippen molar-refractivity contribution in [2.45, 2.75) is 39.8 Å². The first-order chi connectivity index (χ1) is 20.0. The average molecular weight is 587 g/mol. The summed E-state index contributed by atoms with van der Waals surface area (Å²) in [6.45, 7) is 8.38. The number of allylic oxidation sites excluding steroid dienone is 1. The SMILES string of the molecule is COc1cc(OC(=O)Nc2ccccc2Cl)ccc1-c1ccc2c(c1COc1cc(F)ccc1C)C(C)=CC(C)(C)N2. The molecule has 6 nitrogen and oxygen atoms in total. The number of ether oxygens (including phenoxy) is 3. The van der Waals surface area contributed by atoms with Crippen molar-refractivity contribution in [3.63, 3.8) is 0 Å². The van der Waals surface area contributed by atoms with Crippen LogP contribution in [0.25, 0.3) is 16.7 Å². The summed E-state index contributed by atoms with van der Waals surface area (Å²) in [5.41, 5.74) is 6.72. The molecule has 0 aliphatic carbocycles. The van der Waals surface area contributed by atoms with E-state index in [2.05, 4.69) is 37.5 Å². The fourth-order valence-electron chi connectivity index (χ4n) is 5.24. The second-order valence-corrected chi connectivity index (χ2v) is 11.2. The molecule has 2 N–H and O–H groups in total. The predicted octanol–water partition coefficient (Wildman–Crippen LogP) is 9.26. The van der Waals surface area contributed by atoms with Crippen molar-refractivity contribution in [2.24, 2.45) is 0 Å². The van der Waals surface area contributed by atoms with Crippen LogP contribution in [0.5, 0.6) is 17.2 Å². The number of benzene rings is 4. The Morgan fingerprint density at radius 3 is 2.50 bits per heavy atom. The number of methoxy groups -OCH3 is 1. The summed E-state index contributed by atoms with van der Waals surface area (Å²) in [6, 6.07) is 20.7. The van der Waals surface area contributed by atoms with Crippen LogP contribution in [-0.4, -0.2) is 18.7 Å². The van der Waals surface area contributed by atoms with E-state index in [4.69, 9.17) is 25.8 Å². The lowest BCUT2D eigenvalue weighted by molar-refractivity contribution is 0.215. The highest BCUT2D eigenvalue weighted by Crippen LogP contribution is 2.43. The van der Waals surface area contributed by atoms with Crippen molar-refractivity contribution in [3.05, 3.63) is 106 Å². The van der Waals surface area contributed by atoms with Crippen molar-refractivity contribution < 1.29 is 23.4 Å². The predicted molar refractivity (Wildman–Crippen MR) is 166 cm³/mol. The zero-order valence-corrected chi connectivity index (χ0v) is 24.9. The quantitative estimate of drug-likeness (QED) is 0.226. The summed E-state index contributed by atoms with van der Waals surface area (Å²) < 4.78 is 31.6. The van der Waals surface area contributed by atoms with E-state index in [0.717, 1.165) is 39.1 Å². The van der Waals surface area contributed by atoms with E-state index in [9.17, 15) is 9.18 Å². The Labute approximate surface area is 250 Å². The number of anilines is 2. The molecule has 0 radical (unpaired) electrons. The molecule has 0 aromatic heterocycles. The highest BCUT2D eigenvalue weighted by atomic mass is 35.5. The minimum atomic E-state index is -0.680. The van der Waals surface area contributed by atoms with Crippen LogP contribution in [-0.2, 0) is 6.61 Å². The molecule has 5 rings (SSSR count). The molecule has 0 atom stereocenters. The van der Waals surface area contributed by atoms with Crippen LogP contribution in [0.4, 0.5) is 20.6 Å². The standard InChI is InChI=1S/C34H32ClFN2O4/c1-20-10-11-22(36)16-30(20)41-19-26-24(14-15-29-32(26)21(2)18-34(3,4)38-29)25-13-12-23(17-31(25)40-5)42-33(39)37-28-9-7-6-8-27(28)35/h6-18,38H,19H2,1-5H3,(H,37,39). The Balaban J connectivity index is 1.52. The van der Waals surface area contributed by atoms with E-state index in [0.29, 0.717) is 28.0 Å². The zero-order valence-electron chi connectivity index (χ0n) is 24.1. The lowest BCUT2D eigenvalue weighted by Crippen LogP contribution is -2.32. The molecule has 1 amide bonds. The fraction of sp³-hybridized carbons (Fsp3) is 0.206. The van der Waals surface area contributed by atoms with E-state index < -0.39 is 6.09 Å². The van der Waals surface area contributed by atoms with Gasteiger partial charge in [0.05, 0.1) is 23.4 Å². The molecule has 0 saturated heterocycles. The van der Waals surface area contributed by atoms with Gasteiger partial charge in [0.25, 0.3) is 0 Å². The van der Waals surface area contributed by atoms with Crippen molar-refractivity contribution in [1.29, 1.82) is 0 Å². The Hall–Kier alpha value is -4.49. The van der Waals surface area contributed by atoms with Gasteiger partial charge in [-0.2, -0.15) is 0 Å². The molecule has 4 aromatic carbocycles. The minimum Gasteiger partial charge on any atom is -0.496 e. The van der Waals surface area contributed by atoms with Gasteiger partial charge in [-0.1, -0.05) is 41.9 Å². The minimum absolute atomic E-state index is 0.192. The first-order valence-electron chi connectivity index (χ1n) is 13.5. The molecule has 1 aliphatic heterocycles.